The number of carbonyl (C=O) groups excluding carboxylic acids is 1. The van der Waals surface area contributed by atoms with Gasteiger partial charge in [0.2, 0.25) is 0 Å². The van der Waals surface area contributed by atoms with Gasteiger partial charge in [-0.25, -0.2) is 9.97 Å². The van der Waals surface area contributed by atoms with Crippen LogP contribution in [0.25, 0.3) is 22.3 Å². The summed E-state index contributed by atoms with van der Waals surface area (Å²) in [6.07, 6.45) is 5.06. The van der Waals surface area contributed by atoms with Crippen molar-refractivity contribution in [3.8, 4) is 11.4 Å². The number of aryl methyl sites for hydroxylation is 1. The van der Waals surface area contributed by atoms with Gasteiger partial charge in [0.05, 0.1) is 35.6 Å². The van der Waals surface area contributed by atoms with E-state index in [0.717, 1.165) is 16.6 Å². The summed E-state index contributed by atoms with van der Waals surface area (Å²) >= 11 is 4.77. The van der Waals surface area contributed by atoms with Gasteiger partial charge in [0, 0.05) is 37.7 Å². The van der Waals surface area contributed by atoms with Crippen LogP contribution in [0.2, 0.25) is 0 Å². The number of benzene rings is 1. The number of nitrogens with two attached hydrogens (primary N) is 1. The van der Waals surface area contributed by atoms with Crippen molar-refractivity contribution in [2.45, 2.75) is 0 Å². The molecule has 8 nitrogen and oxygen atoms in total. The molecule has 3 rings (SSSR count). The van der Waals surface area contributed by atoms with Gasteiger partial charge < -0.3 is 15.2 Å². The van der Waals surface area contributed by atoms with Crippen LogP contribution < -0.4 is 11.2 Å². The SMILES string of the molecule is CN(C)C(=O)c1ccc2c(/C=N/NC(N)=S)cc(-c3cncn3C)nc2c1. The predicted octanol–water partition coefficient (Wildman–Crippen LogP) is 1.50. The predicted molar refractivity (Wildman–Crippen MR) is 109 cm³/mol. The van der Waals surface area contributed by atoms with Crippen LogP contribution in [0.15, 0.2) is 41.9 Å². The van der Waals surface area contributed by atoms with E-state index < -0.39 is 0 Å². The second-order valence-corrected chi connectivity index (χ2v) is 6.59. The van der Waals surface area contributed by atoms with Gasteiger partial charge in [-0.05, 0) is 30.4 Å². The highest BCUT2D eigenvalue weighted by Gasteiger charge is 2.13. The Hall–Kier alpha value is -3.33. The average Bonchev–Trinajstić information content (AvgIpc) is 3.05. The number of hydrazone groups is 1. The third kappa shape index (κ3) is 3.93. The lowest BCUT2D eigenvalue weighted by Crippen LogP contribution is -2.24. The van der Waals surface area contributed by atoms with E-state index in [2.05, 4.69) is 15.5 Å². The molecule has 0 aliphatic carbocycles. The molecule has 0 spiro atoms. The molecule has 2 heterocycles. The summed E-state index contributed by atoms with van der Waals surface area (Å²) in [7, 11) is 5.32. The summed E-state index contributed by atoms with van der Waals surface area (Å²) < 4.78 is 1.87. The number of carbonyl (C=O) groups is 1. The summed E-state index contributed by atoms with van der Waals surface area (Å²) in [5.74, 6) is -0.0880. The first-order valence-corrected chi connectivity index (χ1v) is 8.49. The molecule has 0 fully saturated rings. The summed E-state index contributed by atoms with van der Waals surface area (Å²) in [6, 6.07) is 7.30. The molecule has 0 bridgehead atoms. The number of hydrogen-bond acceptors (Lipinski definition) is 5. The highest BCUT2D eigenvalue weighted by atomic mass is 32.1. The van der Waals surface area contributed by atoms with E-state index >= 15 is 0 Å². The number of hydrogen-bond donors (Lipinski definition) is 2. The summed E-state index contributed by atoms with van der Waals surface area (Å²) in [5, 5.41) is 4.99. The number of pyridine rings is 1. The average molecular weight is 381 g/mol. The van der Waals surface area contributed by atoms with Gasteiger partial charge in [0.1, 0.15) is 0 Å². The fourth-order valence-electron chi connectivity index (χ4n) is 2.65. The highest BCUT2D eigenvalue weighted by molar-refractivity contribution is 7.80. The molecule has 0 atom stereocenters. The van der Waals surface area contributed by atoms with Gasteiger partial charge in [-0.1, -0.05) is 6.07 Å². The Morgan fingerprint density at radius 3 is 2.78 bits per heavy atom. The minimum absolute atomic E-state index is 0.0790. The molecule has 138 valence electrons. The van der Waals surface area contributed by atoms with E-state index in [1.54, 1.807) is 45.0 Å². The molecule has 3 N–H and O–H groups in total. The molecular formula is C18H19N7OS. The van der Waals surface area contributed by atoms with Crippen LogP contribution in [-0.4, -0.2) is 50.8 Å². The Balaban J connectivity index is 2.18. The van der Waals surface area contributed by atoms with Gasteiger partial charge in [0.25, 0.3) is 5.91 Å². The molecule has 0 aliphatic heterocycles. The quantitative estimate of drug-likeness (QED) is 0.403. The summed E-state index contributed by atoms with van der Waals surface area (Å²) in [4.78, 5) is 22.7. The highest BCUT2D eigenvalue weighted by Crippen LogP contribution is 2.25. The van der Waals surface area contributed by atoms with Gasteiger partial charge >= 0.3 is 0 Å². The van der Waals surface area contributed by atoms with E-state index in [1.165, 1.54) is 4.90 Å². The van der Waals surface area contributed by atoms with E-state index in [9.17, 15) is 4.79 Å². The van der Waals surface area contributed by atoms with Gasteiger partial charge in [0.15, 0.2) is 5.11 Å². The van der Waals surface area contributed by atoms with Crippen LogP contribution in [0, 0.1) is 0 Å². The molecule has 9 heteroatoms. The van der Waals surface area contributed by atoms with Crippen molar-refractivity contribution in [1.29, 1.82) is 0 Å². The molecule has 0 saturated carbocycles. The zero-order valence-electron chi connectivity index (χ0n) is 15.2. The lowest BCUT2D eigenvalue weighted by molar-refractivity contribution is 0.0827. The van der Waals surface area contributed by atoms with Crippen LogP contribution in [0.1, 0.15) is 15.9 Å². The molecule has 0 aliphatic rings. The molecule has 0 radical (unpaired) electrons. The Morgan fingerprint density at radius 2 is 2.15 bits per heavy atom. The van der Waals surface area contributed by atoms with E-state index in [4.69, 9.17) is 22.9 Å². The van der Waals surface area contributed by atoms with Crippen molar-refractivity contribution < 1.29 is 4.79 Å². The maximum atomic E-state index is 12.3. The minimum atomic E-state index is -0.0880. The van der Waals surface area contributed by atoms with Crippen LogP contribution >= 0.6 is 12.2 Å². The Morgan fingerprint density at radius 1 is 1.37 bits per heavy atom. The maximum absolute atomic E-state index is 12.3. The Labute approximate surface area is 161 Å². The fraction of sp³-hybridized carbons (Fsp3) is 0.167. The first-order valence-electron chi connectivity index (χ1n) is 8.08. The number of rotatable bonds is 4. The van der Waals surface area contributed by atoms with Crippen molar-refractivity contribution in [3.05, 3.63) is 47.9 Å². The van der Waals surface area contributed by atoms with Crippen LogP contribution in [0.3, 0.4) is 0 Å². The third-order valence-corrected chi connectivity index (χ3v) is 4.04. The van der Waals surface area contributed by atoms with Crippen molar-refractivity contribution in [2.75, 3.05) is 14.1 Å². The summed E-state index contributed by atoms with van der Waals surface area (Å²) in [6.45, 7) is 0. The zero-order chi connectivity index (χ0) is 19.6. The third-order valence-electron chi connectivity index (χ3n) is 3.95. The first-order chi connectivity index (χ1) is 12.9. The van der Waals surface area contributed by atoms with E-state index in [1.807, 2.05) is 23.7 Å². The second-order valence-electron chi connectivity index (χ2n) is 6.15. The molecule has 27 heavy (non-hydrogen) atoms. The zero-order valence-corrected chi connectivity index (χ0v) is 16.0. The number of nitrogens with zero attached hydrogens (tertiary/aromatic N) is 5. The molecule has 1 aromatic carbocycles. The standard InChI is InChI=1S/C18H19N7OS/c1-24(2)17(26)11-4-5-13-12(8-21-23-18(19)27)7-15(22-14(13)6-11)16-9-20-10-25(16)3/h4-10H,1-3H3,(H3,19,23,27)/b21-8+. The number of nitrogens with one attached hydrogen (secondary N) is 1. The van der Waals surface area contributed by atoms with E-state index in [0.29, 0.717) is 16.8 Å². The number of thiocarbonyl (C=S) groups is 1. The number of fused-ring (bicyclic) bond motifs is 1. The first kappa shape index (κ1) is 18.5. The minimum Gasteiger partial charge on any atom is -0.375 e. The maximum Gasteiger partial charge on any atom is 0.253 e. The second kappa shape index (κ2) is 7.50. The topological polar surface area (TPSA) is 101 Å². The number of amides is 1. The van der Waals surface area contributed by atoms with Gasteiger partial charge in [-0.15, -0.1) is 0 Å². The molecule has 0 saturated heterocycles. The molecule has 2 aromatic heterocycles. The normalized spacial score (nSPS) is 11.1. The molecule has 3 aromatic rings. The van der Waals surface area contributed by atoms with Gasteiger partial charge in [-0.2, -0.15) is 5.10 Å². The smallest absolute Gasteiger partial charge is 0.253 e. The van der Waals surface area contributed by atoms with E-state index in [-0.39, 0.29) is 11.0 Å². The van der Waals surface area contributed by atoms with Crippen molar-refractivity contribution in [3.63, 3.8) is 0 Å². The van der Waals surface area contributed by atoms with Crippen molar-refractivity contribution >= 4 is 40.4 Å². The van der Waals surface area contributed by atoms with Gasteiger partial charge in [-0.3, -0.25) is 10.2 Å². The summed E-state index contributed by atoms with van der Waals surface area (Å²) in [5.41, 5.74) is 11.6. The van der Waals surface area contributed by atoms with Crippen LogP contribution in [0.5, 0.6) is 0 Å². The van der Waals surface area contributed by atoms with Crippen LogP contribution in [0.4, 0.5) is 0 Å². The van der Waals surface area contributed by atoms with Crippen molar-refractivity contribution in [2.24, 2.45) is 17.9 Å². The Kier molecular flexibility index (Phi) is 5.13. The lowest BCUT2D eigenvalue weighted by atomic mass is 10.0. The van der Waals surface area contributed by atoms with Crippen LogP contribution in [-0.2, 0) is 7.05 Å². The molecule has 1 amide bonds. The number of imidazole rings is 1. The van der Waals surface area contributed by atoms with Crippen molar-refractivity contribution in [1.82, 2.24) is 24.9 Å². The monoisotopic (exact) mass is 381 g/mol. The lowest BCUT2D eigenvalue weighted by Gasteiger charge is -2.12. The molecule has 0 unspecified atom stereocenters. The largest absolute Gasteiger partial charge is 0.375 e. The molecular weight excluding hydrogens is 362 g/mol. The Bertz CT molecular complexity index is 1060. The fourth-order valence-corrected chi connectivity index (χ4v) is 2.71. The number of aromatic nitrogens is 3.